The standard InChI is InChI=1S/C20H19ClN2OS2/c1-2-3-4-16-12-17-19-13(9-10-25-20(17)26-16)11-18(24)23(22-19)15-7-5-14(21)6-8-15/h5-8,11-12H,2-4,9-10H2,1H3. The number of fused-ring (bicyclic) bond motifs is 3. The van der Waals surface area contributed by atoms with E-state index in [9.17, 15) is 4.79 Å². The quantitative estimate of drug-likeness (QED) is 0.569. The van der Waals surface area contributed by atoms with Crippen molar-refractivity contribution in [3.63, 3.8) is 0 Å². The first-order valence-corrected chi connectivity index (χ1v) is 11.0. The molecule has 26 heavy (non-hydrogen) atoms. The van der Waals surface area contributed by atoms with Crippen LogP contribution < -0.4 is 5.56 Å². The molecule has 0 saturated carbocycles. The third-order valence-electron chi connectivity index (χ3n) is 4.47. The van der Waals surface area contributed by atoms with Crippen LogP contribution in [-0.2, 0) is 12.8 Å². The van der Waals surface area contributed by atoms with Crippen molar-refractivity contribution in [2.75, 3.05) is 5.75 Å². The van der Waals surface area contributed by atoms with Crippen LogP contribution in [0.5, 0.6) is 0 Å². The normalized spacial score (nSPS) is 13.2. The third kappa shape index (κ3) is 3.48. The Balaban J connectivity index is 1.83. The molecule has 0 bridgehead atoms. The highest BCUT2D eigenvalue weighted by Crippen LogP contribution is 2.42. The molecule has 3 nitrogen and oxygen atoms in total. The fraction of sp³-hybridized carbons (Fsp3) is 0.300. The summed E-state index contributed by atoms with van der Waals surface area (Å²) in [5, 5.41) is 5.41. The molecule has 3 aromatic rings. The van der Waals surface area contributed by atoms with E-state index >= 15 is 0 Å². The van der Waals surface area contributed by atoms with Crippen molar-refractivity contribution in [1.29, 1.82) is 0 Å². The zero-order chi connectivity index (χ0) is 18.1. The summed E-state index contributed by atoms with van der Waals surface area (Å²) in [5.41, 5.74) is 3.81. The number of rotatable bonds is 4. The summed E-state index contributed by atoms with van der Waals surface area (Å²) in [6.07, 6.45) is 4.38. The SMILES string of the molecule is CCCCc1cc2c(s1)SCCc1cc(=O)n(-c3ccc(Cl)cc3)nc1-2. The van der Waals surface area contributed by atoms with Crippen molar-refractivity contribution in [2.24, 2.45) is 0 Å². The van der Waals surface area contributed by atoms with Crippen molar-refractivity contribution in [3.8, 4) is 16.9 Å². The molecule has 4 rings (SSSR count). The van der Waals surface area contributed by atoms with Gasteiger partial charge in [0, 0.05) is 27.3 Å². The molecule has 0 aliphatic carbocycles. The van der Waals surface area contributed by atoms with Crippen molar-refractivity contribution in [1.82, 2.24) is 9.78 Å². The van der Waals surface area contributed by atoms with Gasteiger partial charge < -0.3 is 0 Å². The molecule has 6 heteroatoms. The van der Waals surface area contributed by atoms with E-state index in [1.807, 2.05) is 35.2 Å². The minimum Gasteiger partial charge on any atom is -0.267 e. The minimum atomic E-state index is -0.0963. The van der Waals surface area contributed by atoms with Crippen molar-refractivity contribution < 1.29 is 0 Å². The lowest BCUT2D eigenvalue weighted by atomic mass is 10.1. The van der Waals surface area contributed by atoms with Crippen molar-refractivity contribution >= 4 is 34.7 Å². The molecule has 1 aliphatic heterocycles. The Labute approximate surface area is 166 Å². The van der Waals surface area contributed by atoms with Crippen LogP contribution in [0.25, 0.3) is 16.9 Å². The van der Waals surface area contributed by atoms with Gasteiger partial charge in [0.2, 0.25) is 0 Å². The van der Waals surface area contributed by atoms with Gasteiger partial charge in [-0.15, -0.1) is 23.1 Å². The number of hydrogen-bond acceptors (Lipinski definition) is 4. The van der Waals surface area contributed by atoms with Crippen LogP contribution in [0, 0.1) is 0 Å². The Hall–Kier alpha value is -1.56. The van der Waals surface area contributed by atoms with Gasteiger partial charge >= 0.3 is 0 Å². The summed E-state index contributed by atoms with van der Waals surface area (Å²) in [4.78, 5) is 14.0. The van der Waals surface area contributed by atoms with Gasteiger partial charge in [-0.3, -0.25) is 4.79 Å². The highest BCUT2D eigenvalue weighted by Gasteiger charge is 2.21. The second-order valence-electron chi connectivity index (χ2n) is 6.36. The summed E-state index contributed by atoms with van der Waals surface area (Å²) >= 11 is 9.74. The topological polar surface area (TPSA) is 34.9 Å². The Morgan fingerprint density at radius 3 is 2.81 bits per heavy atom. The van der Waals surface area contributed by atoms with Crippen LogP contribution in [0.4, 0.5) is 0 Å². The third-order valence-corrected chi connectivity index (χ3v) is 7.20. The number of unbranched alkanes of at least 4 members (excludes halogenated alkanes) is 1. The monoisotopic (exact) mass is 402 g/mol. The van der Waals surface area contributed by atoms with Crippen molar-refractivity contribution in [3.05, 3.63) is 62.2 Å². The van der Waals surface area contributed by atoms with E-state index in [2.05, 4.69) is 13.0 Å². The van der Waals surface area contributed by atoms with E-state index < -0.39 is 0 Å². The van der Waals surface area contributed by atoms with Crippen molar-refractivity contribution in [2.45, 2.75) is 36.8 Å². The summed E-state index contributed by atoms with van der Waals surface area (Å²) < 4.78 is 2.81. The number of nitrogens with zero attached hydrogens (tertiary/aromatic N) is 2. The fourth-order valence-corrected chi connectivity index (χ4v) is 5.78. The number of aryl methyl sites for hydroxylation is 2. The van der Waals surface area contributed by atoms with Gasteiger partial charge in [0.15, 0.2) is 0 Å². The Morgan fingerprint density at radius 1 is 1.23 bits per heavy atom. The van der Waals surface area contributed by atoms with E-state index in [1.54, 1.807) is 18.2 Å². The molecule has 0 radical (unpaired) electrons. The smallest absolute Gasteiger partial charge is 0.267 e. The van der Waals surface area contributed by atoms with E-state index in [1.165, 1.54) is 32.2 Å². The molecule has 134 valence electrons. The fourth-order valence-electron chi connectivity index (χ4n) is 3.10. The van der Waals surface area contributed by atoms with Crippen LogP contribution in [0.2, 0.25) is 5.02 Å². The summed E-state index contributed by atoms with van der Waals surface area (Å²) in [7, 11) is 0. The molecule has 0 fully saturated rings. The maximum atomic E-state index is 12.6. The summed E-state index contributed by atoms with van der Waals surface area (Å²) in [6, 6.07) is 11.2. The molecule has 2 aromatic heterocycles. The highest BCUT2D eigenvalue weighted by molar-refractivity contribution is 8.01. The number of thiophene rings is 1. The predicted molar refractivity (Wildman–Crippen MR) is 111 cm³/mol. The Bertz CT molecular complexity index is 992. The van der Waals surface area contributed by atoms with Gasteiger partial charge in [-0.1, -0.05) is 24.9 Å². The second-order valence-corrected chi connectivity index (χ2v) is 9.30. The van der Waals surface area contributed by atoms with Crippen LogP contribution >= 0.6 is 34.7 Å². The zero-order valence-electron chi connectivity index (χ0n) is 14.5. The van der Waals surface area contributed by atoms with E-state index in [0.717, 1.165) is 35.5 Å². The first kappa shape index (κ1) is 17.8. The van der Waals surface area contributed by atoms with Gasteiger partial charge in [-0.2, -0.15) is 9.78 Å². The zero-order valence-corrected chi connectivity index (χ0v) is 16.9. The average Bonchev–Trinajstić information content (AvgIpc) is 2.97. The Kier molecular flexibility index (Phi) is 5.20. The largest absolute Gasteiger partial charge is 0.271 e. The molecule has 0 saturated heterocycles. The molecular formula is C20H19ClN2OS2. The van der Waals surface area contributed by atoms with E-state index in [4.69, 9.17) is 16.7 Å². The summed E-state index contributed by atoms with van der Waals surface area (Å²) in [5.74, 6) is 0.986. The van der Waals surface area contributed by atoms with E-state index in [0.29, 0.717) is 5.02 Å². The lowest BCUT2D eigenvalue weighted by Gasteiger charge is -2.10. The van der Waals surface area contributed by atoms with Crippen LogP contribution in [0.1, 0.15) is 30.2 Å². The first-order chi connectivity index (χ1) is 12.7. The van der Waals surface area contributed by atoms with Gasteiger partial charge in [0.25, 0.3) is 5.56 Å². The molecule has 0 amide bonds. The first-order valence-electron chi connectivity index (χ1n) is 8.81. The molecule has 0 atom stereocenters. The predicted octanol–water partition coefficient (Wildman–Crippen LogP) is 5.61. The van der Waals surface area contributed by atoms with Crippen LogP contribution in [0.15, 0.2) is 45.4 Å². The van der Waals surface area contributed by atoms with Crippen LogP contribution in [-0.4, -0.2) is 15.5 Å². The number of hydrogen-bond donors (Lipinski definition) is 0. The van der Waals surface area contributed by atoms with Gasteiger partial charge in [-0.05, 0) is 55.2 Å². The maximum Gasteiger partial charge on any atom is 0.271 e. The lowest BCUT2D eigenvalue weighted by molar-refractivity contribution is 0.799. The second kappa shape index (κ2) is 7.59. The molecule has 3 heterocycles. The molecule has 0 spiro atoms. The van der Waals surface area contributed by atoms with Gasteiger partial charge in [0.1, 0.15) is 0 Å². The maximum absolute atomic E-state index is 12.6. The van der Waals surface area contributed by atoms with Gasteiger partial charge in [-0.25, -0.2) is 0 Å². The lowest BCUT2D eigenvalue weighted by Crippen LogP contribution is -2.22. The molecule has 0 unspecified atom stereocenters. The minimum absolute atomic E-state index is 0.0963. The molecule has 1 aliphatic rings. The Morgan fingerprint density at radius 2 is 2.04 bits per heavy atom. The summed E-state index contributed by atoms with van der Waals surface area (Å²) in [6.45, 7) is 2.22. The molecule has 1 aromatic carbocycles. The van der Waals surface area contributed by atoms with Crippen LogP contribution in [0.3, 0.4) is 0 Å². The number of thioether (sulfide) groups is 1. The highest BCUT2D eigenvalue weighted by atomic mass is 35.5. The molecule has 0 N–H and O–H groups in total. The van der Waals surface area contributed by atoms with E-state index in [-0.39, 0.29) is 5.56 Å². The number of aromatic nitrogens is 2. The number of benzene rings is 1. The number of halogens is 1. The average molecular weight is 403 g/mol. The van der Waals surface area contributed by atoms with Gasteiger partial charge in [0.05, 0.1) is 15.6 Å². The molecular weight excluding hydrogens is 384 g/mol.